The van der Waals surface area contributed by atoms with Gasteiger partial charge >= 0.3 is 0 Å². The third-order valence-electron chi connectivity index (χ3n) is 2.89. The Labute approximate surface area is 107 Å². The number of ether oxygens (including phenoxy) is 1. The molecule has 2 aromatic carbocycles. The van der Waals surface area contributed by atoms with Crippen LogP contribution in [0.25, 0.3) is 0 Å². The number of aromatic hydroxyl groups is 1. The lowest BCUT2D eigenvalue weighted by Gasteiger charge is -2.11. The molecule has 0 saturated heterocycles. The standard InChI is InChI=1S/C15H17NO2/c1-10-8-15(11(2)7-14(10)16)18-9-12-3-5-13(17)6-4-12/h3-8,17H,9,16H2,1-2H3. The Morgan fingerprint density at radius 1 is 1.06 bits per heavy atom. The second-order valence-electron chi connectivity index (χ2n) is 4.43. The van der Waals surface area contributed by atoms with E-state index in [4.69, 9.17) is 10.5 Å². The number of hydrogen-bond donors (Lipinski definition) is 2. The Hall–Kier alpha value is -2.16. The van der Waals surface area contributed by atoms with Crippen LogP contribution in [-0.4, -0.2) is 5.11 Å². The van der Waals surface area contributed by atoms with E-state index in [1.165, 1.54) is 0 Å². The lowest BCUT2D eigenvalue weighted by atomic mass is 10.1. The van der Waals surface area contributed by atoms with Crippen LogP contribution in [-0.2, 0) is 6.61 Å². The second kappa shape index (κ2) is 5.00. The maximum Gasteiger partial charge on any atom is 0.123 e. The van der Waals surface area contributed by atoms with Crippen molar-refractivity contribution in [3.8, 4) is 11.5 Å². The maximum atomic E-state index is 9.20. The van der Waals surface area contributed by atoms with Gasteiger partial charge in [-0.1, -0.05) is 12.1 Å². The van der Waals surface area contributed by atoms with Gasteiger partial charge in [-0.25, -0.2) is 0 Å². The average molecular weight is 243 g/mol. The highest BCUT2D eigenvalue weighted by molar-refractivity contribution is 5.53. The van der Waals surface area contributed by atoms with Crippen LogP contribution in [0.1, 0.15) is 16.7 Å². The molecule has 0 fully saturated rings. The molecule has 18 heavy (non-hydrogen) atoms. The van der Waals surface area contributed by atoms with Gasteiger partial charge in [0.25, 0.3) is 0 Å². The fraction of sp³-hybridized carbons (Fsp3) is 0.200. The molecule has 0 radical (unpaired) electrons. The van der Waals surface area contributed by atoms with Gasteiger partial charge in [-0.05, 0) is 54.8 Å². The summed E-state index contributed by atoms with van der Waals surface area (Å²) in [5.41, 5.74) is 9.67. The van der Waals surface area contributed by atoms with Crippen molar-refractivity contribution < 1.29 is 9.84 Å². The molecular weight excluding hydrogens is 226 g/mol. The molecule has 2 aromatic rings. The smallest absolute Gasteiger partial charge is 0.123 e. The summed E-state index contributed by atoms with van der Waals surface area (Å²) in [6.07, 6.45) is 0. The van der Waals surface area contributed by atoms with Crippen molar-refractivity contribution >= 4 is 5.69 Å². The second-order valence-corrected chi connectivity index (χ2v) is 4.43. The Bertz CT molecular complexity index is 547. The number of nitrogens with two attached hydrogens (primary N) is 1. The van der Waals surface area contributed by atoms with E-state index in [0.29, 0.717) is 6.61 Å². The third-order valence-corrected chi connectivity index (χ3v) is 2.89. The average Bonchev–Trinajstić information content (AvgIpc) is 2.34. The number of anilines is 1. The number of nitrogen functional groups attached to an aromatic ring is 1. The van der Waals surface area contributed by atoms with Crippen LogP contribution in [0.2, 0.25) is 0 Å². The molecule has 3 heteroatoms. The van der Waals surface area contributed by atoms with Crippen molar-refractivity contribution in [1.82, 2.24) is 0 Å². The minimum absolute atomic E-state index is 0.262. The van der Waals surface area contributed by atoms with Crippen LogP contribution >= 0.6 is 0 Å². The van der Waals surface area contributed by atoms with Crippen molar-refractivity contribution in [1.29, 1.82) is 0 Å². The molecule has 0 aliphatic rings. The van der Waals surface area contributed by atoms with E-state index in [1.54, 1.807) is 12.1 Å². The highest BCUT2D eigenvalue weighted by Crippen LogP contribution is 2.25. The first kappa shape index (κ1) is 12.3. The Morgan fingerprint density at radius 2 is 1.72 bits per heavy atom. The third kappa shape index (κ3) is 2.74. The zero-order valence-electron chi connectivity index (χ0n) is 10.6. The van der Waals surface area contributed by atoms with Crippen LogP contribution in [0.4, 0.5) is 5.69 Å². The van der Waals surface area contributed by atoms with Crippen molar-refractivity contribution in [2.45, 2.75) is 20.5 Å². The first-order valence-electron chi connectivity index (χ1n) is 5.83. The number of phenols is 1. The van der Waals surface area contributed by atoms with Crippen LogP contribution in [0, 0.1) is 13.8 Å². The number of benzene rings is 2. The molecular formula is C15H17NO2. The summed E-state index contributed by atoms with van der Waals surface area (Å²) in [5.74, 6) is 1.10. The highest BCUT2D eigenvalue weighted by atomic mass is 16.5. The molecule has 0 unspecified atom stereocenters. The molecule has 0 aliphatic carbocycles. The van der Waals surface area contributed by atoms with E-state index in [2.05, 4.69) is 0 Å². The van der Waals surface area contributed by atoms with Crippen molar-refractivity contribution in [3.63, 3.8) is 0 Å². The monoisotopic (exact) mass is 243 g/mol. The number of hydrogen-bond acceptors (Lipinski definition) is 3. The van der Waals surface area contributed by atoms with E-state index >= 15 is 0 Å². The summed E-state index contributed by atoms with van der Waals surface area (Å²) < 4.78 is 5.76. The van der Waals surface area contributed by atoms with Crippen LogP contribution in [0.3, 0.4) is 0 Å². The summed E-state index contributed by atoms with van der Waals surface area (Å²) in [6, 6.07) is 10.9. The Kier molecular flexibility index (Phi) is 3.42. The van der Waals surface area contributed by atoms with Gasteiger partial charge in [0.05, 0.1) is 0 Å². The molecule has 0 atom stereocenters. The Balaban J connectivity index is 2.10. The minimum atomic E-state index is 0.262. The summed E-state index contributed by atoms with van der Waals surface area (Å²) in [6.45, 7) is 4.41. The number of aryl methyl sites for hydroxylation is 2. The molecule has 0 spiro atoms. The van der Waals surface area contributed by atoms with Gasteiger partial charge in [-0.3, -0.25) is 0 Å². The van der Waals surface area contributed by atoms with Crippen LogP contribution in [0.5, 0.6) is 11.5 Å². The predicted molar refractivity (Wildman–Crippen MR) is 72.8 cm³/mol. The topological polar surface area (TPSA) is 55.5 Å². The summed E-state index contributed by atoms with van der Waals surface area (Å²) in [4.78, 5) is 0. The molecule has 0 heterocycles. The summed E-state index contributed by atoms with van der Waals surface area (Å²) in [7, 11) is 0. The molecule has 0 aromatic heterocycles. The summed E-state index contributed by atoms with van der Waals surface area (Å²) >= 11 is 0. The van der Waals surface area contributed by atoms with Gasteiger partial charge in [0.2, 0.25) is 0 Å². The van der Waals surface area contributed by atoms with E-state index < -0.39 is 0 Å². The lowest BCUT2D eigenvalue weighted by molar-refractivity contribution is 0.304. The quantitative estimate of drug-likeness (QED) is 0.814. The van der Waals surface area contributed by atoms with Gasteiger partial charge in [-0.2, -0.15) is 0 Å². The number of rotatable bonds is 3. The van der Waals surface area contributed by atoms with E-state index in [-0.39, 0.29) is 5.75 Å². The van der Waals surface area contributed by atoms with Crippen molar-refractivity contribution in [2.75, 3.05) is 5.73 Å². The first-order chi connectivity index (χ1) is 8.56. The Morgan fingerprint density at radius 3 is 2.39 bits per heavy atom. The van der Waals surface area contributed by atoms with Gasteiger partial charge in [0.1, 0.15) is 18.1 Å². The maximum absolute atomic E-state index is 9.20. The molecule has 94 valence electrons. The molecule has 3 nitrogen and oxygen atoms in total. The van der Waals surface area contributed by atoms with E-state index in [9.17, 15) is 5.11 Å². The van der Waals surface area contributed by atoms with Crippen LogP contribution in [0.15, 0.2) is 36.4 Å². The molecule has 0 amide bonds. The predicted octanol–water partition coefficient (Wildman–Crippen LogP) is 3.17. The van der Waals surface area contributed by atoms with Crippen LogP contribution < -0.4 is 10.5 Å². The molecule has 3 N–H and O–H groups in total. The molecule has 0 bridgehead atoms. The normalized spacial score (nSPS) is 10.3. The van der Waals surface area contributed by atoms with Crippen molar-refractivity contribution in [2.24, 2.45) is 0 Å². The molecule has 0 saturated carbocycles. The zero-order valence-corrected chi connectivity index (χ0v) is 10.6. The fourth-order valence-corrected chi connectivity index (χ4v) is 1.72. The first-order valence-corrected chi connectivity index (χ1v) is 5.83. The highest BCUT2D eigenvalue weighted by Gasteiger charge is 2.04. The lowest BCUT2D eigenvalue weighted by Crippen LogP contribution is -1.99. The molecule has 2 rings (SSSR count). The molecule has 0 aliphatic heterocycles. The zero-order chi connectivity index (χ0) is 13.1. The SMILES string of the molecule is Cc1cc(OCc2ccc(O)cc2)c(C)cc1N. The van der Waals surface area contributed by atoms with Gasteiger partial charge in [0.15, 0.2) is 0 Å². The summed E-state index contributed by atoms with van der Waals surface area (Å²) in [5, 5.41) is 9.20. The number of phenolic OH excluding ortho intramolecular Hbond substituents is 1. The minimum Gasteiger partial charge on any atom is -0.508 e. The van der Waals surface area contributed by atoms with Crippen molar-refractivity contribution in [3.05, 3.63) is 53.1 Å². The van der Waals surface area contributed by atoms with Gasteiger partial charge in [-0.15, -0.1) is 0 Å². The van der Waals surface area contributed by atoms with E-state index in [0.717, 1.165) is 28.1 Å². The van der Waals surface area contributed by atoms with Gasteiger partial charge < -0.3 is 15.6 Å². The largest absolute Gasteiger partial charge is 0.508 e. The fourth-order valence-electron chi connectivity index (χ4n) is 1.72. The van der Waals surface area contributed by atoms with E-state index in [1.807, 2.05) is 38.1 Å². The van der Waals surface area contributed by atoms with Gasteiger partial charge in [0, 0.05) is 5.69 Å².